The first-order valence-corrected chi connectivity index (χ1v) is 11.8. The number of nitrogens with two attached hydrogens (primary N) is 1. The van der Waals surface area contributed by atoms with E-state index < -0.39 is 30.4 Å². The largest absolute Gasteiger partial charge is 0.480 e. The molecule has 1 atom stereocenters. The predicted molar refractivity (Wildman–Crippen MR) is 135 cm³/mol. The number of guanidine groups is 1. The van der Waals surface area contributed by atoms with Gasteiger partial charge in [0.05, 0.1) is 5.92 Å². The van der Waals surface area contributed by atoms with Crippen molar-refractivity contribution in [3.8, 4) is 0 Å². The lowest BCUT2D eigenvalue weighted by atomic mass is 9.89. The van der Waals surface area contributed by atoms with E-state index in [0.717, 1.165) is 11.1 Å². The van der Waals surface area contributed by atoms with Crippen molar-refractivity contribution < 1.29 is 19.5 Å². The summed E-state index contributed by atoms with van der Waals surface area (Å²) in [5.74, 6) is -2.59. The highest BCUT2D eigenvalue weighted by molar-refractivity contribution is 5.93. The zero-order valence-electron chi connectivity index (χ0n) is 20.3. The van der Waals surface area contributed by atoms with Crippen LogP contribution in [0.5, 0.6) is 0 Å². The number of nitrogens with zero attached hydrogens (tertiary/aromatic N) is 2. The number of carboxylic acid groups (broad SMARTS) is 1. The van der Waals surface area contributed by atoms with Crippen LogP contribution in [0.4, 0.5) is 0 Å². The maximum Gasteiger partial charge on any atom is 0.322 e. The number of carbonyl (C=O) groups is 3. The molecule has 2 aromatic carbocycles. The summed E-state index contributed by atoms with van der Waals surface area (Å²) in [6.07, 6.45) is 0.787. The van der Waals surface area contributed by atoms with Crippen LogP contribution >= 0.6 is 0 Å². The van der Waals surface area contributed by atoms with Crippen molar-refractivity contribution in [3.05, 3.63) is 71.8 Å². The van der Waals surface area contributed by atoms with Crippen molar-refractivity contribution >= 4 is 23.7 Å². The van der Waals surface area contributed by atoms with Gasteiger partial charge in [0.1, 0.15) is 12.6 Å². The smallest absolute Gasteiger partial charge is 0.322 e. The van der Waals surface area contributed by atoms with E-state index in [-0.39, 0.29) is 18.4 Å². The molecule has 0 spiro atoms. The van der Waals surface area contributed by atoms with Gasteiger partial charge in [0.2, 0.25) is 11.8 Å². The van der Waals surface area contributed by atoms with Gasteiger partial charge < -0.3 is 26.0 Å². The summed E-state index contributed by atoms with van der Waals surface area (Å²) in [5, 5.41) is 19.1. The fourth-order valence-electron chi connectivity index (χ4n) is 4.10. The number of benzene rings is 2. The molecule has 0 unspecified atom stereocenters. The van der Waals surface area contributed by atoms with E-state index in [1.54, 1.807) is 11.8 Å². The van der Waals surface area contributed by atoms with Crippen LogP contribution in [0.3, 0.4) is 0 Å². The van der Waals surface area contributed by atoms with Crippen molar-refractivity contribution in [1.82, 2.24) is 15.1 Å². The average Bonchev–Trinajstić information content (AvgIpc) is 2.85. The summed E-state index contributed by atoms with van der Waals surface area (Å²) >= 11 is 0. The lowest BCUT2D eigenvalue weighted by molar-refractivity contribution is -0.142. The van der Waals surface area contributed by atoms with E-state index >= 15 is 0 Å². The lowest BCUT2D eigenvalue weighted by Gasteiger charge is -2.34. The molecule has 188 valence electrons. The van der Waals surface area contributed by atoms with Gasteiger partial charge in [-0.25, -0.2) is 0 Å². The van der Waals surface area contributed by atoms with E-state index in [9.17, 15) is 14.4 Å². The van der Waals surface area contributed by atoms with Gasteiger partial charge >= 0.3 is 5.97 Å². The maximum absolute atomic E-state index is 14.0. The van der Waals surface area contributed by atoms with Crippen molar-refractivity contribution in [2.45, 2.75) is 38.6 Å². The molecule has 5 N–H and O–H groups in total. The zero-order valence-corrected chi connectivity index (χ0v) is 20.3. The van der Waals surface area contributed by atoms with Crippen LogP contribution < -0.4 is 11.1 Å². The molecule has 0 heterocycles. The first-order valence-electron chi connectivity index (χ1n) is 11.8. The Morgan fingerprint density at radius 2 is 1.51 bits per heavy atom. The van der Waals surface area contributed by atoms with Gasteiger partial charge in [-0.2, -0.15) is 0 Å². The monoisotopic (exact) mass is 481 g/mol. The minimum Gasteiger partial charge on any atom is -0.480 e. The molecule has 0 saturated heterocycles. The quantitative estimate of drug-likeness (QED) is 0.256. The molecular formula is C26H35N5O4. The van der Waals surface area contributed by atoms with Crippen molar-refractivity contribution in [2.24, 2.45) is 5.73 Å². The Hall–Kier alpha value is -3.88. The van der Waals surface area contributed by atoms with Crippen molar-refractivity contribution in [3.63, 3.8) is 0 Å². The molecule has 0 fully saturated rings. The summed E-state index contributed by atoms with van der Waals surface area (Å²) in [4.78, 5) is 41.3. The number of amides is 2. The Labute approximate surface area is 206 Å². The molecule has 0 radical (unpaired) electrons. The molecule has 9 nitrogen and oxygen atoms in total. The topological polar surface area (TPSA) is 140 Å². The third kappa shape index (κ3) is 7.84. The second kappa shape index (κ2) is 13.7. The highest BCUT2D eigenvalue weighted by Gasteiger charge is 2.34. The van der Waals surface area contributed by atoms with Gasteiger partial charge in [0.15, 0.2) is 5.96 Å². The van der Waals surface area contributed by atoms with E-state index in [0.29, 0.717) is 25.9 Å². The summed E-state index contributed by atoms with van der Waals surface area (Å²) < 4.78 is 0. The summed E-state index contributed by atoms with van der Waals surface area (Å²) in [6, 6.07) is 17.9. The molecule has 0 aliphatic carbocycles. The van der Waals surface area contributed by atoms with Crippen LogP contribution in [-0.4, -0.2) is 70.9 Å². The van der Waals surface area contributed by atoms with E-state index in [4.69, 9.17) is 16.2 Å². The number of carboxylic acids is 1. The van der Waals surface area contributed by atoms with Crippen LogP contribution in [0.1, 0.15) is 43.7 Å². The normalized spacial score (nSPS) is 11.5. The molecule has 0 bridgehead atoms. The summed E-state index contributed by atoms with van der Waals surface area (Å²) in [7, 11) is 0. The van der Waals surface area contributed by atoms with Gasteiger partial charge in [-0.15, -0.1) is 0 Å². The van der Waals surface area contributed by atoms with Gasteiger partial charge in [-0.3, -0.25) is 19.8 Å². The van der Waals surface area contributed by atoms with Crippen molar-refractivity contribution in [1.29, 1.82) is 5.41 Å². The minimum absolute atomic E-state index is 0.0592. The first-order chi connectivity index (χ1) is 16.8. The van der Waals surface area contributed by atoms with Gasteiger partial charge in [-0.05, 0) is 37.8 Å². The highest BCUT2D eigenvalue weighted by Crippen LogP contribution is 2.28. The number of aliphatic carboxylic acids is 1. The van der Waals surface area contributed by atoms with Crippen LogP contribution in [0.15, 0.2) is 60.7 Å². The Morgan fingerprint density at radius 1 is 0.971 bits per heavy atom. The third-order valence-electron chi connectivity index (χ3n) is 5.86. The minimum atomic E-state index is -1.16. The van der Waals surface area contributed by atoms with Gasteiger partial charge in [0.25, 0.3) is 0 Å². The number of likely N-dealkylation sites (N-methyl/N-ethyl adjacent to an activating group) is 1. The molecular weight excluding hydrogens is 446 g/mol. The Bertz CT molecular complexity index is 944. The maximum atomic E-state index is 14.0. The van der Waals surface area contributed by atoms with E-state index in [1.807, 2.05) is 67.6 Å². The summed E-state index contributed by atoms with van der Waals surface area (Å²) in [5.41, 5.74) is 7.22. The second-order valence-corrected chi connectivity index (χ2v) is 8.11. The van der Waals surface area contributed by atoms with E-state index in [2.05, 4.69) is 5.32 Å². The number of rotatable bonds is 13. The SMILES string of the molecule is CCN(CCC[C@H](C(=O)NCC(=O)O)N(CC)C(=O)C(c1ccccc1)c1ccccc1)C(=N)N. The molecule has 0 aliphatic heterocycles. The van der Waals surface area contributed by atoms with E-state index in [1.165, 1.54) is 4.90 Å². The fraction of sp³-hybridized carbons (Fsp3) is 0.385. The Kier molecular flexibility index (Phi) is 10.7. The zero-order chi connectivity index (χ0) is 25.8. The van der Waals surface area contributed by atoms with Crippen LogP contribution in [0.2, 0.25) is 0 Å². The Balaban J connectivity index is 2.37. The van der Waals surface area contributed by atoms with Crippen LogP contribution in [0, 0.1) is 5.41 Å². The molecule has 0 aromatic heterocycles. The lowest BCUT2D eigenvalue weighted by Crippen LogP contribution is -2.52. The first kappa shape index (κ1) is 27.4. The van der Waals surface area contributed by atoms with Crippen LogP contribution in [0.25, 0.3) is 0 Å². The number of carbonyl (C=O) groups excluding carboxylic acids is 2. The molecule has 0 saturated carbocycles. The average molecular weight is 482 g/mol. The van der Waals surface area contributed by atoms with Crippen LogP contribution in [-0.2, 0) is 14.4 Å². The van der Waals surface area contributed by atoms with Gasteiger partial charge in [-0.1, -0.05) is 60.7 Å². The molecule has 2 rings (SSSR count). The number of hydrogen-bond acceptors (Lipinski definition) is 4. The summed E-state index contributed by atoms with van der Waals surface area (Å²) in [6.45, 7) is 4.41. The number of nitrogens with one attached hydrogen (secondary N) is 2. The molecule has 0 aliphatic rings. The molecule has 9 heteroatoms. The van der Waals surface area contributed by atoms with Gasteiger partial charge in [0, 0.05) is 19.6 Å². The predicted octanol–water partition coefficient (Wildman–Crippen LogP) is 2.23. The highest BCUT2D eigenvalue weighted by atomic mass is 16.4. The second-order valence-electron chi connectivity index (χ2n) is 8.11. The standard InChI is InChI=1S/C26H35N5O4/c1-3-30(26(27)28)17-11-16-21(24(34)29-18-22(32)33)31(4-2)25(35)23(19-12-7-5-8-13-19)20-14-9-6-10-15-20/h5-10,12-15,21,23H,3-4,11,16-18H2,1-2H3,(H3,27,28)(H,29,34)(H,32,33)/t21-/m1/s1. The Morgan fingerprint density at radius 3 is 1.94 bits per heavy atom. The molecule has 2 aromatic rings. The van der Waals surface area contributed by atoms with Crippen molar-refractivity contribution in [2.75, 3.05) is 26.2 Å². The third-order valence-corrected chi connectivity index (χ3v) is 5.86. The fourth-order valence-corrected chi connectivity index (χ4v) is 4.10. The molecule has 35 heavy (non-hydrogen) atoms. The number of hydrogen-bond donors (Lipinski definition) is 4. The molecule has 2 amide bonds.